The number of rotatable bonds is 2. The standard InChI is InChI=1S/C6H6O3S.C6H5.ClH.Hg/c7-10(8,9)6-4-2-1-3-5-6;1-2-4-6-5-3-1;;/h1-5H,(H,7,8,9);1-5H;1H;/q;;;+1/p-1. The average molecular weight is 471 g/mol. The summed E-state index contributed by atoms with van der Waals surface area (Å²) in [5, 5.41) is 0. The molecular weight excluding hydrogens is 460 g/mol. The third-order valence-corrected chi connectivity index (χ3v) is 8.65. The van der Waals surface area contributed by atoms with E-state index in [0.717, 1.165) is 0 Å². The molecule has 0 aromatic heterocycles. The van der Waals surface area contributed by atoms with E-state index in [0.29, 0.717) is 0 Å². The number of benzene rings is 2. The van der Waals surface area contributed by atoms with Crippen LogP contribution in [-0.2, 0) is 33.5 Å². The van der Waals surface area contributed by atoms with Gasteiger partial charge in [-0.05, 0) is 12.1 Å². The monoisotopic (exact) mass is 472 g/mol. The van der Waals surface area contributed by atoms with Gasteiger partial charge in [-0.1, -0.05) is 18.2 Å². The Kier molecular flexibility index (Phi) is 6.85. The zero-order chi connectivity index (χ0) is 13.4. The molecule has 0 aliphatic rings. The second kappa shape index (κ2) is 7.89. The van der Waals surface area contributed by atoms with Crippen molar-refractivity contribution in [2.45, 2.75) is 4.90 Å². The van der Waals surface area contributed by atoms with Crippen LogP contribution in [0.3, 0.4) is 0 Å². The van der Waals surface area contributed by atoms with Gasteiger partial charge >= 0.3 is 65.0 Å². The van der Waals surface area contributed by atoms with Crippen molar-refractivity contribution in [3.63, 3.8) is 0 Å². The number of hydrogen-bond donors (Lipinski definition) is 1. The summed E-state index contributed by atoms with van der Waals surface area (Å²) >= 11 is -1.07. The fraction of sp³-hybridized carbons (Fsp3) is 0. The Labute approximate surface area is 122 Å². The van der Waals surface area contributed by atoms with Crippen molar-refractivity contribution < 1.29 is 36.3 Å². The number of hydrogen-bond acceptors (Lipinski definition) is 2. The van der Waals surface area contributed by atoms with Gasteiger partial charge in [0.2, 0.25) is 0 Å². The van der Waals surface area contributed by atoms with Crippen molar-refractivity contribution in [3.05, 3.63) is 60.7 Å². The van der Waals surface area contributed by atoms with Gasteiger partial charge in [0, 0.05) is 0 Å². The number of halogens is 1. The van der Waals surface area contributed by atoms with E-state index >= 15 is 0 Å². The molecule has 1 N–H and O–H groups in total. The van der Waals surface area contributed by atoms with Crippen LogP contribution in [0, 0.1) is 0 Å². The first kappa shape index (κ1) is 15.6. The molecule has 2 aromatic carbocycles. The van der Waals surface area contributed by atoms with E-state index < -0.39 is 33.5 Å². The summed E-state index contributed by atoms with van der Waals surface area (Å²) in [5.41, 5.74) is 0. The van der Waals surface area contributed by atoms with Crippen molar-refractivity contribution in [1.82, 2.24) is 0 Å². The summed E-state index contributed by atoms with van der Waals surface area (Å²) in [7, 11) is 1.75. The Morgan fingerprint density at radius 2 is 1.33 bits per heavy atom. The second-order valence-corrected chi connectivity index (χ2v) is 11.4. The third kappa shape index (κ3) is 5.95. The molecule has 18 heavy (non-hydrogen) atoms. The van der Waals surface area contributed by atoms with Crippen molar-refractivity contribution in [2.75, 3.05) is 0 Å². The molecule has 6 heteroatoms. The van der Waals surface area contributed by atoms with E-state index in [1.165, 1.54) is 15.2 Å². The molecule has 0 amide bonds. The first-order chi connectivity index (χ1) is 8.54. The first-order valence-corrected chi connectivity index (χ1v) is 16.1. The zero-order valence-electron chi connectivity index (χ0n) is 9.53. The molecule has 92 valence electrons. The van der Waals surface area contributed by atoms with E-state index in [-0.39, 0.29) is 4.90 Å². The van der Waals surface area contributed by atoms with E-state index in [2.05, 4.69) is 12.1 Å². The summed E-state index contributed by atoms with van der Waals surface area (Å²) in [6.45, 7) is 0. The maximum absolute atomic E-state index is 10.4. The van der Waals surface area contributed by atoms with E-state index in [1.807, 2.05) is 18.2 Å². The van der Waals surface area contributed by atoms with Gasteiger partial charge in [0.15, 0.2) is 0 Å². The van der Waals surface area contributed by atoms with Crippen LogP contribution in [0.5, 0.6) is 0 Å². The fourth-order valence-corrected chi connectivity index (χ4v) is 4.97. The molecular formula is C12H11ClHgO3S. The van der Waals surface area contributed by atoms with Gasteiger partial charge in [-0.15, -0.1) is 0 Å². The molecule has 0 aliphatic carbocycles. The van der Waals surface area contributed by atoms with Crippen LogP contribution in [0.15, 0.2) is 65.6 Å². The van der Waals surface area contributed by atoms with Gasteiger partial charge in [0.25, 0.3) is 10.1 Å². The molecule has 2 rings (SSSR count). The molecule has 0 unspecified atom stereocenters. The minimum absolute atomic E-state index is 0.0741. The second-order valence-electron chi connectivity index (χ2n) is 3.41. The fourth-order valence-electron chi connectivity index (χ4n) is 1.16. The Morgan fingerprint density at radius 1 is 0.889 bits per heavy atom. The zero-order valence-corrected chi connectivity index (χ0v) is 16.6. The van der Waals surface area contributed by atoms with E-state index in [9.17, 15) is 8.42 Å². The Morgan fingerprint density at radius 3 is 1.61 bits per heavy atom. The molecule has 0 fully saturated rings. The summed E-state index contributed by atoms with van der Waals surface area (Å²) in [4.78, 5) is -0.0741. The van der Waals surface area contributed by atoms with Crippen LogP contribution in [0.2, 0.25) is 0 Å². The van der Waals surface area contributed by atoms with Crippen molar-refractivity contribution in [2.24, 2.45) is 0 Å². The SMILES string of the molecule is O=S(=O)(O)c1ccccc1.[Cl][Hg][c]1ccccc1. The Balaban J connectivity index is 0.000000184. The third-order valence-electron chi connectivity index (χ3n) is 2.04. The first-order valence-electron chi connectivity index (χ1n) is 5.16. The van der Waals surface area contributed by atoms with Crippen LogP contribution >= 0.6 is 8.25 Å². The van der Waals surface area contributed by atoms with E-state index in [4.69, 9.17) is 12.8 Å². The molecule has 0 spiro atoms. The van der Waals surface area contributed by atoms with Gasteiger partial charge in [0.1, 0.15) is 0 Å². The van der Waals surface area contributed by atoms with Gasteiger partial charge < -0.3 is 0 Å². The molecule has 3 nitrogen and oxygen atoms in total. The van der Waals surface area contributed by atoms with Crippen LogP contribution in [-0.4, -0.2) is 13.0 Å². The molecule has 2 aromatic rings. The van der Waals surface area contributed by atoms with Crippen LogP contribution in [0.25, 0.3) is 0 Å². The maximum atomic E-state index is 10.4. The molecule has 0 heterocycles. The molecule has 0 aliphatic heterocycles. The Bertz CT molecular complexity index is 558. The predicted molar refractivity (Wildman–Crippen MR) is 68.2 cm³/mol. The van der Waals surface area contributed by atoms with Crippen molar-refractivity contribution in [1.29, 1.82) is 0 Å². The van der Waals surface area contributed by atoms with Gasteiger partial charge in [-0.3, -0.25) is 4.55 Å². The summed E-state index contributed by atoms with van der Waals surface area (Å²) in [6, 6.07) is 17.7. The van der Waals surface area contributed by atoms with E-state index in [1.54, 1.807) is 18.2 Å². The molecule has 0 saturated heterocycles. The molecule has 0 saturated carbocycles. The van der Waals surface area contributed by atoms with Gasteiger partial charge in [-0.25, -0.2) is 0 Å². The summed E-state index contributed by atoms with van der Waals surface area (Å²) in [5.74, 6) is 0. The summed E-state index contributed by atoms with van der Waals surface area (Å²) in [6.07, 6.45) is 0. The minimum atomic E-state index is -4.00. The Hall–Kier alpha value is -0.425. The van der Waals surface area contributed by atoms with Crippen molar-refractivity contribution >= 4 is 21.4 Å². The molecule has 0 bridgehead atoms. The van der Waals surface area contributed by atoms with Crippen LogP contribution in [0.4, 0.5) is 0 Å². The average Bonchev–Trinajstić information content (AvgIpc) is 2.40. The van der Waals surface area contributed by atoms with Crippen LogP contribution in [0.1, 0.15) is 0 Å². The molecule has 0 radical (unpaired) electrons. The summed E-state index contributed by atoms with van der Waals surface area (Å²) < 4.78 is 30.6. The van der Waals surface area contributed by atoms with Crippen molar-refractivity contribution in [3.8, 4) is 0 Å². The topological polar surface area (TPSA) is 54.4 Å². The van der Waals surface area contributed by atoms with Gasteiger partial charge in [0.05, 0.1) is 4.90 Å². The quantitative estimate of drug-likeness (QED) is 0.541. The predicted octanol–water partition coefficient (Wildman–Crippen LogP) is 2.48. The van der Waals surface area contributed by atoms with Crippen LogP contribution < -0.4 is 3.07 Å². The van der Waals surface area contributed by atoms with Gasteiger partial charge in [-0.2, -0.15) is 8.42 Å². The molecule has 0 atom stereocenters. The normalized spacial score (nSPS) is 9.89.